The molecule has 6 rings (SSSR count). The van der Waals surface area contributed by atoms with Crippen molar-refractivity contribution >= 4 is 64.3 Å². The summed E-state index contributed by atoms with van der Waals surface area (Å²) in [7, 11) is -1.65. The fourth-order valence-electron chi connectivity index (χ4n) is 5.85. The van der Waals surface area contributed by atoms with Crippen LogP contribution in [0.3, 0.4) is 0 Å². The van der Waals surface area contributed by atoms with E-state index in [-0.39, 0.29) is 29.0 Å². The molecule has 0 saturated carbocycles. The normalized spacial score (nSPS) is 9.82. The van der Waals surface area contributed by atoms with Gasteiger partial charge in [0.15, 0.2) is 0 Å². The molecule has 296 valence electrons. The molecule has 0 unspecified atom stereocenters. The molecule has 0 saturated heterocycles. The van der Waals surface area contributed by atoms with Gasteiger partial charge in [-0.2, -0.15) is 0 Å². The Bertz CT molecular complexity index is 1630. The molecule has 0 aromatic heterocycles. The fourth-order valence-corrected chi connectivity index (χ4v) is 14.7. The van der Waals surface area contributed by atoms with E-state index in [0.717, 1.165) is 12.6 Å². The van der Waals surface area contributed by atoms with Gasteiger partial charge in [-0.1, -0.05) is 109 Å². The minimum atomic E-state index is -0.545. The second kappa shape index (κ2) is 33.2. The first kappa shape index (κ1) is 51.2. The molecule has 11 heteroatoms. The van der Waals surface area contributed by atoms with Crippen molar-refractivity contribution in [3.63, 3.8) is 0 Å². The molecule has 57 heavy (non-hydrogen) atoms. The number of hydrogen-bond donors (Lipinski definition) is 2. The van der Waals surface area contributed by atoms with Gasteiger partial charge in [-0.3, -0.25) is 0 Å². The van der Waals surface area contributed by atoms with Crippen LogP contribution in [0.25, 0.3) is 0 Å². The molecule has 0 aliphatic carbocycles. The van der Waals surface area contributed by atoms with Crippen molar-refractivity contribution < 1.29 is 21.1 Å². The van der Waals surface area contributed by atoms with Crippen LogP contribution in [0.2, 0.25) is 0 Å². The zero-order valence-corrected chi connectivity index (χ0v) is 39.8. The Morgan fingerprint density at radius 1 is 0.368 bits per heavy atom. The zero-order chi connectivity index (χ0) is 40.6. The maximum Gasteiger partial charge on any atom is 0.127 e. The van der Waals surface area contributed by atoms with Gasteiger partial charge in [-0.15, -0.1) is 0 Å². The van der Waals surface area contributed by atoms with E-state index in [9.17, 15) is 0 Å². The van der Waals surface area contributed by atoms with Gasteiger partial charge in [0.05, 0.1) is 75.0 Å². The summed E-state index contributed by atoms with van der Waals surface area (Å²) in [4.78, 5) is 0. The van der Waals surface area contributed by atoms with Crippen molar-refractivity contribution in [3.8, 4) is 0 Å². The Morgan fingerprint density at radius 3 is 0.842 bits per heavy atom. The molecule has 0 fully saturated rings. The van der Waals surface area contributed by atoms with Crippen molar-refractivity contribution in [3.05, 3.63) is 182 Å². The molecule has 2 N–H and O–H groups in total. The minimum absolute atomic E-state index is 0. The van der Waals surface area contributed by atoms with E-state index >= 15 is 0 Å². The maximum atomic E-state index is 6.00. The summed E-state index contributed by atoms with van der Waals surface area (Å²) < 4.78 is 0. The summed E-state index contributed by atoms with van der Waals surface area (Å²) in [5, 5.41) is 37.2. The third kappa shape index (κ3) is 20.9. The van der Waals surface area contributed by atoms with Gasteiger partial charge in [-0.05, 0) is 86.6 Å². The summed E-state index contributed by atoms with van der Waals surface area (Å²) in [5.41, 5.74) is 2.49. The van der Waals surface area contributed by atoms with E-state index < -0.39 is 23.8 Å². The molecule has 0 amide bonds. The topological polar surface area (TPSA) is 119 Å². The van der Waals surface area contributed by atoms with Crippen molar-refractivity contribution in [2.45, 2.75) is 13.8 Å². The van der Waals surface area contributed by atoms with Gasteiger partial charge in [0.25, 0.3) is 0 Å². The van der Waals surface area contributed by atoms with Crippen LogP contribution in [-0.4, -0.2) is 50.5 Å². The predicted octanol–water partition coefficient (Wildman–Crippen LogP) is 10.6. The van der Waals surface area contributed by atoms with Gasteiger partial charge in [0, 0.05) is 69.9 Å². The number of rotatable bonds is 15. The molecule has 0 atom stereocenters. The van der Waals surface area contributed by atoms with Gasteiger partial charge in [0.2, 0.25) is 0 Å². The standard InChI is InChI=1S/C20H30N2P2.2C13H13P.Mo.2N2/c1-3-23(4-2)15-16-24(17-21-19-11-7-5-8-12-19)18-22-20-13-9-6-10-14-20;2*1-14(12-8-4-2-5-9-12)13-10-6-3-7-11-13;;2*1-2/h5-14,21-22H,3-4,15-18H2,1-2H3;2*2-11H,1H3;;;/p+4. The molecule has 0 aliphatic rings. The summed E-state index contributed by atoms with van der Waals surface area (Å²) in [6.45, 7) is 9.42. The Balaban J connectivity index is 0.000000425. The van der Waals surface area contributed by atoms with Crippen LogP contribution in [0, 0.1) is 21.6 Å². The molecule has 6 nitrogen and oxygen atoms in total. The molecule has 6 aromatic rings. The third-order valence-corrected chi connectivity index (χ3v) is 19.9. The molecule has 0 heterocycles. The third-order valence-electron chi connectivity index (χ3n) is 9.29. The smallest absolute Gasteiger partial charge is 0.127 e. The average Bonchev–Trinajstić information content (AvgIpc) is 3.30. The summed E-state index contributed by atoms with van der Waals surface area (Å²) in [6, 6.07) is 64.2. The van der Waals surface area contributed by atoms with Gasteiger partial charge in [-0.25, -0.2) is 0 Å². The zero-order valence-electron chi connectivity index (χ0n) is 33.8. The van der Waals surface area contributed by atoms with E-state index in [2.05, 4.69) is 220 Å². The maximum absolute atomic E-state index is 6.00. The molecule has 0 aliphatic heterocycles. The number of anilines is 2. The average molecular weight is 917 g/mol. The van der Waals surface area contributed by atoms with Crippen molar-refractivity contribution in [2.75, 3.05) is 61.2 Å². The summed E-state index contributed by atoms with van der Waals surface area (Å²) >= 11 is 0. The van der Waals surface area contributed by atoms with E-state index in [1.807, 2.05) is 0 Å². The summed E-state index contributed by atoms with van der Waals surface area (Å²) in [6.07, 6.45) is 7.98. The van der Waals surface area contributed by atoms with Crippen molar-refractivity contribution in [1.82, 2.24) is 0 Å². The van der Waals surface area contributed by atoms with E-state index in [0.29, 0.717) is 0 Å². The minimum Gasteiger partial charge on any atom is -0.354 e. The van der Waals surface area contributed by atoms with Crippen molar-refractivity contribution in [1.29, 1.82) is 21.6 Å². The van der Waals surface area contributed by atoms with Crippen LogP contribution in [-0.2, 0) is 21.1 Å². The number of nitrogens with one attached hydrogen (secondary N) is 2. The van der Waals surface area contributed by atoms with E-state index in [1.54, 1.807) is 0 Å². The van der Waals surface area contributed by atoms with Crippen LogP contribution in [0.15, 0.2) is 182 Å². The van der Waals surface area contributed by atoms with Crippen molar-refractivity contribution in [2.24, 2.45) is 0 Å². The van der Waals surface area contributed by atoms with Crippen LogP contribution in [0.5, 0.6) is 0 Å². The Hall–Kier alpha value is -3.83. The van der Waals surface area contributed by atoms with E-state index in [4.69, 9.17) is 21.6 Å². The molecular weight excluding hydrogens is 856 g/mol. The summed E-state index contributed by atoms with van der Waals surface area (Å²) in [5.74, 6) is 0. The van der Waals surface area contributed by atoms with Crippen LogP contribution >= 0.6 is 31.7 Å². The number of nitrogens with zero attached hydrogens (tertiary/aromatic N) is 4. The van der Waals surface area contributed by atoms with Crippen LogP contribution in [0.4, 0.5) is 11.4 Å². The molecule has 0 radical (unpaired) electrons. The quantitative estimate of drug-likeness (QED) is 0.0602. The largest absolute Gasteiger partial charge is 0.354 e. The fraction of sp³-hybridized carbons (Fsp3) is 0.217. The number of para-hydroxylation sites is 2. The number of benzene rings is 6. The Labute approximate surface area is 361 Å². The molecule has 0 spiro atoms. The number of hydrogen-bond acceptors (Lipinski definition) is 6. The van der Waals surface area contributed by atoms with Crippen LogP contribution in [0.1, 0.15) is 13.8 Å². The Morgan fingerprint density at radius 2 is 0.596 bits per heavy atom. The second-order valence-corrected chi connectivity index (χ2v) is 23.8. The van der Waals surface area contributed by atoms with Crippen LogP contribution < -0.4 is 31.9 Å². The molecule has 6 aromatic carbocycles. The predicted molar refractivity (Wildman–Crippen MR) is 257 cm³/mol. The van der Waals surface area contributed by atoms with Gasteiger partial charge < -0.3 is 10.6 Å². The first-order valence-corrected chi connectivity index (χ1v) is 27.3. The Kier molecular flexibility index (Phi) is 29.8. The SMILES string of the molecule is CC[PH+](CC)CC[PH+](CNc1ccccc1)CNc1ccccc1.C[PH+](c1ccccc1)c1ccccc1.C[PH+](c1ccccc1)c1ccccc1.N#N.N#N.[Mo]. The van der Waals surface area contributed by atoms with Gasteiger partial charge in [0.1, 0.15) is 12.6 Å². The van der Waals surface area contributed by atoms with E-state index in [1.165, 1.54) is 57.2 Å². The molecule has 0 bridgehead atoms. The monoisotopic (exact) mass is 918 g/mol. The second-order valence-electron chi connectivity index (χ2n) is 12.9. The first-order valence-electron chi connectivity index (χ1n) is 19.1. The first-order chi connectivity index (χ1) is 27.6. The van der Waals surface area contributed by atoms with Gasteiger partial charge >= 0.3 is 0 Å². The molecular formula is C46H60MoN6P4+4.